The predicted octanol–water partition coefficient (Wildman–Crippen LogP) is 3.30. The third-order valence-electron chi connectivity index (χ3n) is 3.00. The van der Waals surface area contributed by atoms with E-state index in [1.807, 2.05) is 0 Å². The average Bonchev–Trinajstić information content (AvgIpc) is 2.27. The Kier molecular flexibility index (Phi) is 3.82. The molecule has 0 spiro atoms. The van der Waals surface area contributed by atoms with Crippen molar-refractivity contribution >= 4 is 21.6 Å². The maximum Gasteiger partial charge on any atom is 0.146 e. The zero-order valence-electron chi connectivity index (χ0n) is 8.92. The van der Waals surface area contributed by atoms with Crippen molar-refractivity contribution in [3.63, 3.8) is 0 Å². The van der Waals surface area contributed by atoms with Crippen LogP contribution in [0.5, 0.6) is 0 Å². The first-order valence-electron chi connectivity index (χ1n) is 5.56. The second kappa shape index (κ2) is 5.15. The van der Waals surface area contributed by atoms with Gasteiger partial charge in [-0.3, -0.25) is 0 Å². The lowest BCUT2D eigenvalue weighted by atomic mass is 9.92. The Balaban J connectivity index is 2.10. The van der Waals surface area contributed by atoms with E-state index < -0.39 is 0 Å². The summed E-state index contributed by atoms with van der Waals surface area (Å²) >= 11 is 3.31. The number of nitrogens with one attached hydrogen (secondary N) is 1. The van der Waals surface area contributed by atoms with Crippen LogP contribution in [0.2, 0.25) is 0 Å². The Morgan fingerprint density at radius 1 is 1.31 bits per heavy atom. The molecule has 2 nitrogen and oxygen atoms in total. The van der Waals surface area contributed by atoms with E-state index in [1.165, 1.54) is 6.07 Å². The van der Waals surface area contributed by atoms with E-state index in [0.717, 1.165) is 30.2 Å². The minimum atomic E-state index is -0.368. The average molecular weight is 288 g/mol. The smallest absolute Gasteiger partial charge is 0.146 e. The molecule has 0 radical (unpaired) electrons. The van der Waals surface area contributed by atoms with Crippen molar-refractivity contribution in [1.29, 1.82) is 0 Å². The first-order chi connectivity index (χ1) is 7.66. The van der Waals surface area contributed by atoms with E-state index in [1.54, 1.807) is 12.1 Å². The molecule has 4 heteroatoms. The number of halogens is 2. The molecule has 16 heavy (non-hydrogen) atoms. The highest BCUT2D eigenvalue weighted by Crippen LogP contribution is 2.25. The number of hydrogen-bond acceptors (Lipinski definition) is 2. The largest absolute Gasteiger partial charge is 0.391 e. The van der Waals surface area contributed by atoms with Crippen LogP contribution in [-0.4, -0.2) is 17.3 Å². The number of rotatable bonds is 2. The zero-order chi connectivity index (χ0) is 11.5. The molecule has 88 valence electrons. The summed E-state index contributed by atoms with van der Waals surface area (Å²) in [5.74, 6) is -0.277. The standard InChI is InChI=1S/C12H15BrFNO/c13-8-5-6-9(14)11(7-8)15-10-3-1-2-4-12(10)16/h5-7,10,12,15-16H,1-4H2/t10-,12-/m0/s1. The summed E-state index contributed by atoms with van der Waals surface area (Å²) < 4.78 is 14.3. The quantitative estimate of drug-likeness (QED) is 0.875. The molecular weight excluding hydrogens is 273 g/mol. The molecule has 1 fully saturated rings. The predicted molar refractivity (Wildman–Crippen MR) is 66.0 cm³/mol. The van der Waals surface area contributed by atoms with Gasteiger partial charge in [-0.15, -0.1) is 0 Å². The molecule has 2 N–H and O–H groups in total. The Hall–Kier alpha value is -0.610. The van der Waals surface area contributed by atoms with Gasteiger partial charge in [0.25, 0.3) is 0 Å². The van der Waals surface area contributed by atoms with Crippen LogP contribution in [-0.2, 0) is 0 Å². The fourth-order valence-electron chi connectivity index (χ4n) is 2.09. The van der Waals surface area contributed by atoms with Gasteiger partial charge < -0.3 is 10.4 Å². The zero-order valence-corrected chi connectivity index (χ0v) is 10.5. The van der Waals surface area contributed by atoms with Crippen LogP contribution >= 0.6 is 15.9 Å². The minimum absolute atomic E-state index is 0.0300. The maximum atomic E-state index is 13.5. The minimum Gasteiger partial charge on any atom is -0.391 e. The fourth-order valence-corrected chi connectivity index (χ4v) is 2.45. The van der Waals surface area contributed by atoms with Crippen molar-refractivity contribution in [2.45, 2.75) is 37.8 Å². The highest BCUT2D eigenvalue weighted by Gasteiger charge is 2.23. The molecule has 0 aliphatic heterocycles. The SMILES string of the molecule is O[C@H]1CCCC[C@@H]1Nc1cc(Br)ccc1F. The van der Waals surface area contributed by atoms with Crippen LogP contribution in [0.25, 0.3) is 0 Å². The van der Waals surface area contributed by atoms with Crippen molar-refractivity contribution in [3.05, 3.63) is 28.5 Å². The maximum absolute atomic E-state index is 13.5. The molecule has 0 heterocycles. The van der Waals surface area contributed by atoms with Gasteiger partial charge in [-0.05, 0) is 31.0 Å². The highest BCUT2D eigenvalue weighted by molar-refractivity contribution is 9.10. The Labute approximate surface area is 103 Å². The molecule has 0 unspecified atom stereocenters. The van der Waals surface area contributed by atoms with Crippen LogP contribution in [0.15, 0.2) is 22.7 Å². The number of benzene rings is 1. The first-order valence-corrected chi connectivity index (χ1v) is 6.36. The lowest BCUT2D eigenvalue weighted by Crippen LogP contribution is -2.36. The molecular formula is C12H15BrFNO. The van der Waals surface area contributed by atoms with Gasteiger partial charge in [0.05, 0.1) is 17.8 Å². The second-order valence-electron chi connectivity index (χ2n) is 4.23. The number of anilines is 1. The van der Waals surface area contributed by atoms with E-state index >= 15 is 0 Å². The summed E-state index contributed by atoms with van der Waals surface area (Å²) in [6.07, 6.45) is 3.47. The van der Waals surface area contributed by atoms with Gasteiger partial charge >= 0.3 is 0 Å². The molecule has 1 aliphatic carbocycles. The van der Waals surface area contributed by atoms with E-state index in [9.17, 15) is 9.50 Å². The topological polar surface area (TPSA) is 32.3 Å². The Morgan fingerprint density at radius 2 is 2.06 bits per heavy atom. The summed E-state index contributed by atoms with van der Waals surface area (Å²) in [5.41, 5.74) is 0.459. The van der Waals surface area contributed by atoms with Gasteiger partial charge in [0, 0.05) is 4.47 Å². The molecule has 1 aliphatic rings. The molecule has 1 saturated carbocycles. The number of hydrogen-bond donors (Lipinski definition) is 2. The van der Waals surface area contributed by atoms with E-state index in [0.29, 0.717) is 5.69 Å². The molecule has 2 rings (SSSR count). The van der Waals surface area contributed by atoms with Gasteiger partial charge in [-0.2, -0.15) is 0 Å². The van der Waals surface area contributed by atoms with Crippen LogP contribution in [0.4, 0.5) is 10.1 Å². The van der Waals surface area contributed by atoms with Gasteiger partial charge in [0.2, 0.25) is 0 Å². The molecule has 2 atom stereocenters. The van der Waals surface area contributed by atoms with Gasteiger partial charge in [0.15, 0.2) is 0 Å². The third-order valence-corrected chi connectivity index (χ3v) is 3.49. The molecule has 0 aromatic heterocycles. The Morgan fingerprint density at radius 3 is 2.81 bits per heavy atom. The van der Waals surface area contributed by atoms with Crippen molar-refractivity contribution in [3.8, 4) is 0 Å². The van der Waals surface area contributed by atoms with Crippen molar-refractivity contribution in [2.24, 2.45) is 0 Å². The Bertz CT molecular complexity index is 372. The van der Waals surface area contributed by atoms with Crippen molar-refractivity contribution in [2.75, 3.05) is 5.32 Å². The molecule has 0 amide bonds. The summed E-state index contributed by atoms with van der Waals surface area (Å²) in [6, 6.07) is 4.76. The molecule has 1 aromatic rings. The monoisotopic (exact) mass is 287 g/mol. The van der Waals surface area contributed by atoms with Crippen LogP contribution in [0, 0.1) is 5.82 Å². The van der Waals surface area contributed by atoms with E-state index in [-0.39, 0.29) is 18.0 Å². The van der Waals surface area contributed by atoms with Crippen LogP contribution in [0.3, 0.4) is 0 Å². The third kappa shape index (κ3) is 2.74. The summed E-state index contributed by atoms with van der Waals surface area (Å²) in [6.45, 7) is 0. The first kappa shape index (κ1) is 11.9. The number of aliphatic hydroxyl groups is 1. The van der Waals surface area contributed by atoms with Crippen molar-refractivity contribution < 1.29 is 9.50 Å². The van der Waals surface area contributed by atoms with Gasteiger partial charge in [-0.25, -0.2) is 4.39 Å². The molecule has 1 aromatic carbocycles. The van der Waals surface area contributed by atoms with Gasteiger partial charge in [0.1, 0.15) is 5.82 Å². The summed E-state index contributed by atoms with van der Waals surface area (Å²) in [5, 5.41) is 12.9. The lowest BCUT2D eigenvalue weighted by Gasteiger charge is -2.29. The van der Waals surface area contributed by atoms with Crippen LogP contribution in [0.1, 0.15) is 25.7 Å². The van der Waals surface area contributed by atoms with E-state index in [2.05, 4.69) is 21.2 Å². The second-order valence-corrected chi connectivity index (χ2v) is 5.14. The molecule has 0 bridgehead atoms. The van der Waals surface area contributed by atoms with Crippen LogP contribution < -0.4 is 5.32 Å². The fraction of sp³-hybridized carbons (Fsp3) is 0.500. The molecule has 0 saturated heterocycles. The van der Waals surface area contributed by atoms with Gasteiger partial charge in [-0.1, -0.05) is 28.8 Å². The highest BCUT2D eigenvalue weighted by atomic mass is 79.9. The van der Waals surface area contributed by atoms with Crippen molar-refractivity contribution in [1.82, 2.24) is 0 Å². The lowest BCUT2D eigenvalue weighted by molar-refractivity contribution is 0.116. The summed E-state index contributed by atoms with van der Waals surface area (Å²) in [7, 11) is 0. The number of aliphatic hydroxyl groups excluding tert-OH is 1. The van der Waals surface area contributed by atoms with E-state index in [4.69, 9.17) is 0 Å². The normalized spacial score (nSPS) is 25.4. The summed E-state index contributed by atoms with van der Waals surface area (Å²) in [4.78, 5) is 0.